The van der Waals surface area contributed by atoms with Crippen molar-refractivity contribution in [3.8, 4) is 5.75 Å². The number of nitrogens with one attached hydrogen (secondary N) is 2. The number of amides is 1. The zero-order chi connectivity index (χ0) is 17.5. The predicted molar refractivity (Wildman–Crippen MR) is 97.1 cm³/mol. The van der Waals surface area contributed by atoms with Crippen molar-refractivity contribution in [2.45, 2.75) is 26.3 Å². The molecular formula is C14H17BrN6O2S. The Morgan fingerprint density at radius 3 is 2.96 bits per heavy atom. The lowest BCUT2D eigenvalue weighted by molar-refractivity contribution is 0.0974. The number of unbranched alkanes of at least 4 members (excludes halogenated alkanes) is 1. The van der Waals surface area contributed by atoms with Crippen molar-refractivity contribution in [3.63, 3.8) is 0 Å². The number of aryl methyl sites for hydroxylation is 1. The third-order valence-electron chi connectivity index (χ3n) is 3.02. The van der Waals surface area contributed by atoms with Gasteiger partial charge in [0.15, 0.2) is 5.11 Å². The summed E-state index contributed by atoms with van der Waals surface area (Å²) in [5, 5.41) is 17.2. The highest BCUT2D eigenvalue weighted by Crippen LogP contribution is 2.22. The Kier molecular flexibility index (Phi) is 6.62. The molecule has 8 nitrogen and oxygen atoms in total. The van der Waals surface area contributed by atoms with Crippen molar-refractivity contribution in [1.29, 1.82) is 0 Å². The van der Waals surface area contributed by atoms with Gasteiger partial charge in [-0.1, -0.05) is 34.4 Å². The lowest BCUT2D eigenvalue weighted by atomic mass is 10.2. The van der Waals surface area contributed by atoms with Crippen LogP contribution in [-0.4, -0.2) is 38.3 Å². The molecule has 10 heteroatoms. The minimum Gasteiger partial charge on any atom is -0.496 e. The second-order valence-electron chi connectivity index (χ2n) is 4.82. The number of hydrogen-bond acceptors (Lipinski definition) is 6. The van der Waals surface area contributed by atoms with Crippen molar-refractivity contribution < 1.29 is 9.53 Å². The van der Waals surface area contributed by atoms with Crippen molar-refractivity contribution >= 4 is 45.1 Å². The maximum Gasteiger partial charge on any atom is 0.269 e. The standard InChI is InChI=1S/C14H17BrN6O2S/c1-3-4-7-21-19-13(18-20-21)17-14(24)16-12(22)10-8-9(15)5-6-11(10)23-2/h5-6,8H,3-4,7H2,1-2H3,(H2,16,17,19,22,24). The summed E-state index contributed by atoms with van der Waals surface area (Å²) in [6, 6.07) is 5.12. The summed E-state index contributed by atoms with van der Waals surface area (Å²) in [5.74, 6) is 0.281. The fourth-order valence-electron chi connectivity index (χ4n) is 1.85. The summed E-state index contributed by atoms with van der Waals surface area (Å²) in [6.07, 6.45) is 1.99. The molecule has 0 aliphatic heterocycles. The van der Waals surface area contributed by atoms with Crippen LogP contribution in [0.3, 0.4) is 0 Å². The van der Waals surface area contributed by atoms with Crippen LogP contribution < -0.4 is 15.4 Å². The Morgan fingerprint density at radius 1 is 1.46 bits per heavy atom. The van der Waals surface area contributed by atoms with Gasteiger partial charge >= 0.3 is 0 Å². The van der Waals surface area contributed by atoms with E-state index in [4.69, 9.17) is 17.0 Å². The third kappa shape index (κ3) is 4.96. The van der Waals surface area contributed by atoms with Crippen molar-refractivity contribution in [2.75, 3.05) is 12.4 Å². The van der Waals surface area contributed by atoms with E-state index in [2.05, 4.69) is 48.9 Å². The Balaban J connectivity index is 1.98. The van der Waals surface area contributed by atoms with Gasteiger partial charge in [0.1, 0.15) is 5.75 Å². The molecule has 128 valence electrons. The summed E-state index contributed by atoms with van der Waals surface area (Å²) in [6.45, 7) is 2.76. The first-order valence-electron chi connectivity index (χ1n) is 7.27. The van der Waals surface area contributed by atoms with E-state index in [-0.39, 0.29) is 11.1 Å². The molecule has 1 heterocycles. The molecule has 0 fully saturated rings. The van der Waals surface area contributed by atoms with Gasteiger partial charge in [0.05, 0.1) is 19.2 Å². The van der Waals surface area contributed by atoms with Gasteiger partial charge in [-0.05, 0) is 42.1 Å². The van der Waals surface area contributed by atoms with E-state index in [1.54, 1.807) is 18.2 Å². The Labute approximate surface area is 153 Å². The van der Waals surface area contributed by atoms with Gasteiger partial charge in [0.2, 0.25) is 0 Å². The fourth-order valence-corrected chi connectivity index (χ4v) is 2.39. The number of hydrogen-bond donors (Lipinski definition) is 2. The third-order valence-corrected chi connectivity index (χ3v) is 3.72. The zero-order valence-electron chi connectivity index (χ0n) is 13.2. The Morgan fingerprint density at radius 2 is 2.25 bits per heavy atom. The molecule has 1 aromatic heterocycles. The maximum atomic E-state index is 12.3. The number of carbonyl (C=O) groups is 1. The minimum atomic E-state index is -0.399. The number of halogens is 1. The van der Waals surface area contributed by atoms with Crippen LogP contribution >= 0.6 is 28.1 Å². The highest BCUT2D eigenvalue weighted by molar-refractivity contribution is 9.10. The number of tetrazole rings is 1. The fraction of sp³-hybridized carbons (Fsp3) is 0.357. The first kappa shape index (κ1) is 18.3. The van der Waals surface area contributed by atoms with Gasteiger partial charge in [0.25, 0.3) is 11.9 Å². The van der Waals surface area contributed by atoms with Crippen LogP contribution in [0.2, 0.25) is 0 Å². The number of thiocarbonyl (C=S) groups is 1. The Hall–Kier alpha value is -2.07. The molecule has 2 rings (SSSR count). The van der Waals surface area contributed by atoms with E-state index < -0.39 is 5.91 Å². The molecule has 0 saturated carbocycles. The number of rotatable bonds is 6. The van der Waals surface area contributed by atoms with Crippen LogP contribution in [0.25, 0.3) is 0 Å². The van der Waals surface area contributed by atoms with Gasteiger partial charge in [-0.3, -0.25) is 15.4 Å². The predicted octanol–water partition coefficient (Wildman–Crippen LogP) is 2.37. The lowest BCUT2D eigenvalue weighted by Crippen LogP contribution is -2.34. The topological polar surface area (TPSA) is 94.0 Å². The maximum absolute atomic E-state index is 12.3. The lowest BCUT2D eigenvalue weighted by Gasteiger charge is -2.10. The van der Waals surface area contributed by atoms with Crippen LogP contribution in [0, 0.1) is 0 Å². The van der Waals surface area contributed by atoms with Crippen molar-refractivity contribution in [1.82, 2.24) is 25.5 Å². The monoisotopic (exact) mass is 412 g/mol. The Bertz CT molecular complexity index is 736. The van der Waals surface area contributed by atoms with E-state index in [9.17, 15) is 4.79 Å². The van der Waals surface area contributed by atoms with Gasteiger partial charge < -0.3 is 4.74 Å². The summed E-state index contributed by atoms with van der Waals surface area (Å²) < 4.78 is 5.94. The molecule has 0 spiro atoms. The molecule has 2 N–H and O–H groups in total. The first-order valence-corrected chi connectivity index (χ1v) is 8.47. The first-order chi connectivity index (χ1) is 11.5. The quantitative estimate of drug-likeness (QED) is 0.703. The molecule has 0 unspecified atom stereocenters. The second-order valence-corrected chi connectivity index (χ2v) is 6.14. The van der Waals surface area contributed by atoms with E-state index in [0.29, 0.717) is 17.9 Å². The second kappa shape index (κ2) is 8.69. The van der Waals surface area contributed by atoms with E-state index in [1.807, 2.05) is 0 Å². The molecule has 0 bridgehead atoms. The number of benzene rings is 1. The number of methoxy groups -OCH3 is 1. The number of anilines is 1. The van der Waals surface area contributed by atoms with E-state index >= 15 is 0 Å². The number of carbonyl (C=O) groups excluding carboxylic acids is 1. The summed E-state index contributed by atoms with van der Waals surface area (Å²) >= 11 is 8.43. The van der Waals surface area contributed by atoms with Crippen LogP contribution in [0.15, 0.2) is 22.7 Å². The van der Waals surface area contributed by atoms with Gasteiger partial charge in [-0.2, -0.15) is 4.80 Å². The molecule has 1 aromatic carbocycles. The average Bonchev–Trinajstić information content (AvgIpc) is 2.99. The summed E-state index contributed by atoms with van der Waals surface area (Å²) in [4.78, 5) is 13.8. The molecule has 1 amide bonds. The number of ether oxygens (including phenoxy) is 1. The molecule has 0 saturated heterocycles. The highest BCUT2D eigenvalue weighted by Gasteiger charge is 2.15. The van der Waals surface area contributed by atoms with Crippen LogP contribution in [0.4, 0.5) is 5.95 Å². The van der Waals surface area contributed by atoms with Gasteiger partial charge in [-0.25, -0.2) is 0 Å². The van der Waals surface area contributed by atoms with Crippen molar-refractivity contribution in [2.24, 2.45) is 0 Å². The summed E-state index contributed by atoms with van der Waals surface area (Å²) in [7, 11) is 1.50. The number of aromatic nitrogens is 4. The van der Waals surface area contributed by atoms with Crippen LogP contribution in [0.1, 0.15) is 30.1 Å². The molecule has 0 aliphatic carbocycles. The highest BCUT2D eigenvalue weighted by atomic mass is 79.9. The molecule has 0 radical (unpaired) electrons. The molecule has 2 aromatic rings. The van der Waals surface area contributed by atoms with Gasteiger partial charge in [0, 0.05) is 4.47 Å². The zero-order valence-corrected chi connectivity index (χ0v) is 15.6. The largest absolute Gasteiger partial charge is 0.496 e. The number of nitrogens with zero attached hydrogens (tertiary/aromatic N) is 4. The van der Waals surface area contributed by atoms with Crippen LogP contribution in [-0.2, 0) is 6.54 Å². The van der Waals surface area contributed by atoms with Gasteiger partial charge in [-0.15, -0.1) is 5.10 Å². The smallest absolute Gasteiger partial charge is 0.269 e. The normalized spacial score (nSPS) is 10.3. The van der Waals surface area contributed by atoms with E-state index in [0.717, 1.165) is 17.3 Å². The average molecular weight is 413 g/mol. The minimum absolute atomic E-state index is 0.0806. The molecule has 0 atom stereocenters. The molecule has 24 heavy (non-hydrogen) atoms. The molecular weight excluding hydrogens is 396 g/mol. The van der Waals surface area contributed by atoms with Crippen LogP contribution in [0.5, 0.6) is 5.75 Å². The van der Waals surface area contributed by atoms with E-state index in [1.165, 1.54) is 11.9 Å². The molecule has 0 aliphatic rings. The SMILES string of the molecule is CCCCn1nnc(NC(=S)NC(=O)c2cc(Br)ccc2OC)n1. The van der Waals surface area contributed by atoms with Crippen molar-refractivity contribution in [3.05, 3.63) is 28.2 Å². The summed E-state index contributed by atoms with van der Waals surface area (Å²) in [5.41, 5.74) is 0.357.